The highest BCUT2D eigenvalue weighted by molar-refractivity contribution is 6.00. The van der Waals surface area contributed by atoms with E-state index in [1.54, 1.807) is 32.4 Å². The molecule has 0 radical (unpaired) electrons. The number of carbonyl (C=O) groups excluding carboxylic acids is 2. The molecule has 1 unspecified atom stereocenters. The second kappa shape index (κ2) is 7.23. The zero-order chi connectivity index (χ0) is 17.0. The fourth-order valence-electron chi connectivity index (χ4n) is 2.28. The van der Waals surface area contributed by atoms with E-state index in [2.05, 4.69) is 15.5 Å². The van der Waals surface area contributed by atoms with Gasteiger partial charge in [0.2, 0.25) is 5.91 Å². The van der Waals surface area contributed by atoms with Gasteiger partial charge in [-0.15, -0.1) is 0 Å². The number of hydrogen-bond donors (Lipinski definition) is 2. The number of aromatic nitrogens is 2. The van der Waals surface area contributed by atoms with Crippen LogP contribution in [-0.4, -0.2) is 72.6 Å². The summed E-state index contributed by atoms with van der Waals surface area (Å²) < 4.78 is 0. The topological polar surface area (TPSA) is 81.3 Å². The number of H-pyrrole nitrogens is 1. The lowest BCUT2D eigenvalue weighted by atomic mass is 10.1. The van der Waals surface area contributed by atoms with Crippen molar-refractivity contribution in [2.24, 2.45) is 0 Å². The number of aromatic amines is 1. The smallest absolute Gasteiger partial charge is 0.252 e. The van der Waals surface area contributed by atoms with Crippen LogP contribution in [0.3, 0.4) is 0 Å². The molecule has 0 spiro atoms. The standard InChI is InChI=1S/C16H23N5O2/c1-20(2)8-7-13(16(23)21(3)4)18-15(22)11-5-6-12-10-17-19-14(12)9-11/h5-6,9-10,13H,7-8H2,1-4H3,(H,17,19)(H,18,22). The molecule has 2 N–H and O–H groups in total. The SMILES string of the molecule is CN(C)CCC(NC(=O)c1ccc2cn[nH]c2c1)C(=O)N(C)C. The highest BCUT2D eigenvalue weighted by atomic mass is 16.2. The lowest BCUT2D eigenvalue weighted by Gasteiger charge is -2.23. The third-order valence-corrected chi connectivity index (χ3v) is 3.61. The van der Waals surface area contributed by atoms with Crippen molar-refractivity contribution >= 4 is 22.7 Å². The van der Waals surface area contributed by atoms with E-state index in [1.165, 1.54) is 4.90 Å². The highest BCUT2D eigenvalue weighted by Gasteiger charge is 2.23. The molecule has 23 heavy (non-hydrogen) atoms. The molecule has 2 amide bonds. The van der Waals surface area contributed by atoms with E-state index >= 15 is 0 Å². The van der Waals surface area contributed by atoms with E-state index in [-0.39, 0.29) is 11.8 Å². The van der Waals surface area contributed by atoms with Crippen molar-refractivity contribution < 1.29 is 9.59 Å². The number of likely N-dealkylation sites (N-methyl/N-ethyl adjacent to an activating group) is 1. The molecule has 0 aliphatic carbocycles. The maximum Gasteiger partial charge on any atom is 0.252 e. The van der Waals surface area contributed by atoms with Crippen molar-refractivity contribution in [2.45, 2.75) is 12.5 Å². The summed E-state index contributed by atoms with van der Waals surface area (Å²) in [5.41, 5.74) is 1.30. The first-order chi connectivity index (χ1) is 10.9. The van der Waals surface area contributed by atoms with Crippen molar-refractivity contribution in [3.8, 4) is 0 Å². The maximum atomic E-state index is 12.5. The van der Waals surface area contributed by atoms with Gasteiger partial charge in [0.25, 0.3) is 5.91 Å². The van der Waals surface area contributed by atoms with E-state index in [0.29, 0.717) is 18.5 Å². The molecule has 0 aliphatic heterocycles. The molecule has 7 nitrogen and oxygen atoms in total. The van der Waals surface area contributed by atoms with Crippen LogP contribution in [0.1, 0.15) is 16.8 Å². The number of rotatable bonds is 6. The predicted octanol–water partition coefficient (Wildman–Crippen LogP) is 0.701. The molecule has 2 rings (SSSR count). The van der Waals surface area contributed by atoms with Gasteiger partial charge in [-0.1, -0.05) is 6.07 Å². The molecule has 7 heteroatoms. The van der Waals surface area contributed by atoms with E-state index in [9.17, 15) is 9.59 Å². The van der Waals surface area contributed by atoms with E-state index in [1.807, 2.05) is 25.1 Å². The van der Waals surface area contributed by atoms with Crippen LogP contribution in [0, 0.1) is 0 Å². The minimum absolute atomic E-state index is 0.109. The summed E-state index contributed by atoms with van der Waals surface area (Å²) in [6, 6.07) is 4.75. The average Bonchev–Trinajstić information content (AvgIpc) is 2.97. The number of carbonyl (C=O) groups is 2. The van der Waals surface area contributed by atoms with Crippen LogP contribution >= 0.6 is 0 Å². The van der Waals surface area contributed by atoms with Crippen molar-refractivity contribution in [3.63, 3.8) is 0 Å². The molecule has 1 heterocycles. The first kappa shape index (κ1) is 17.0. The summed E-state index contributed by atoms with van der Waals surface area (Å²) in [4.78, 5) is 28.2. The van der Waals surface area contributed by atoms with Gasteiger partial charge >= 0.3 is 0 Å². The van der Waals surface area contributed by atoms with Gasteiger partial charge in [-0.25, -0.2) is 0 Å². The van der Waals surface area contributed by atoms with Crippen LogP contribution in [0.25, 0.3) is 10.9 Å². The number of fused-ring (bicyclic) bond motifs is 1. The lowest BCUT2D eigenvalue weighted by molar-refractivity contribution is -0.130. The van der Waals surface area contributed by atoms with Gasteiger partial charge in [0.05, 0.1) is 11.7 Å². The van der Waals surface area contributed by atoms with Crippen LogP contribution in [0.2, 0.25) is 0 Å². The minimum Gasteiger partial charge on any atom is -0.347 e. The average molecular weight is 317 g/mol. The largest absolute Gasteiger partial charge is 0.347 e. The summed E-state index contributed by atoms with van der Waals surface area (Å²) in [6.07, 6.45) is 2.26. The van der Waals surface area contributed by atoms with Gasteiger partial charge < -0.3 is 15.1 Å². The zero-order valence-electron chi connectivity index (χ0n) is 14.0. The highest BCUT2D eigenvalue weighted by Crippen LogP contribution is 2.13. The maximum absolute atomic E-state index is 12.5. The molecule has 1 aromatic carbocycles. The molecule has 0 bridgehead atoms. The molecule has 124 valence electrons. The molecule has 2 aromatic rings. The number of nitrogens with one attached hydrogen (secondary N) is 2. The van der Waals surface area contributed by atoms with Crippen LogP contribution in [0.15, 0.2) is 24.4 Å². The molecule has 0 fully saturated rings. The molecular weight excluding hydrogens is 294 g/mol. The Labute approximate surface area is 135 Å². The van der Waals surface area contributed by atoms with Gasteiger partial charge in [-0.05, 0) is 39.2 Å². The van der Waals surface area contributed by atoms with E-state index in [0.717, 1.165) is 10.9 Å². The number of benzene rings is 1. The van der Waals surface area contributed by atoms with Crippen molar-refractivity contribution in [1.82, 2.24) is 25.3 Å². The van der Waals surface area contributed by atoms with Crippen LogP contribution < -0.4 is 5.32 Å². The lowest BCUT2D eigenvalue weighted by Crippen LogP contribution is -2.47. The van der Waals surface area contributed by atoms with Gasteiger partial charge in [0.1, 0.15) is 6.04 Å². The van der Waals surface area contributed by atoms with Crippen molar-refractivity contribution in [3.05, 3.63) is 30.0 Å². The summed E-state index contributed by atoms with van der Waals surface area (Å²) in [7, 11) is 7.25. The summed E-state index contributed by atoms with van der Waals surface area (Å²) in [6.45, 7) is 0.712. The molecule has 1 aromatic heterocycles. The van der Waals surface area contributed by atoms with Crippen molar-refractivity contribution in [1.29, 1.82) is 0 Å². The first-order valence-electron chi connectivity index (χ1n) is 7.48. The normalized spacial score (nSPS) is 12.4. The van der Waals surface area contributed by atoms with Gasteiger partial charge in [0, 0.05) is 25.0 Å². The molecule has 0 saturated carbocycles. The summed E-state index contributed by atoms with van der Waals surface area (Å²) >= 11 is 0. The number of hydrogen-bond acceptors (Lipinski definition) is 4. The Morgan fingerprint density at radius 1 is 1.26 bits per heavy atom. The van der Waals surface area contributed by atoms with Crippen molar-refractivity contribution in [2.75, 3.05) is 34.7 Å². The van der Waals surface area contributed by atoms with Crippen LogP contribution in [0.5, 0.6) is 0 Å². The zero-order valence-corrected chi connectivity index (χ0v) is 14.0. The summed E-state index contributed by atoms with van der Waals surface area (Å²) in [5.74, 6) is -0.372. The Hall–Kier alpha value is -2.41. The fraction of sp³-hybridized carbons (Fsp3) is 0.438. The quantitative estimate of drug-likeness (QED) is 0.822. The second-order valence-electron chi connectivity index (χ2n) is 6.02. The second-order valence-corrected chi connectivity index (χ2v) is 6.02. The predicted molar refractivity (Wildman–Crippen MR) is 89.2 cm³/mol. The van der Waals surface area contributed by atoms with Gasteiger partial charge in [-0.3, -0.25) is 14.7 Å². The molecule has 0 saturated heterocycles. The minimum atomic E-state index is -0.544. The van der Waals surface area contributed by atoms with E-state index < -0.39 is 6.04 Å². The number of nitrogens with zero attached hydrogens (tertiary/aromatic N) is 3. The Morgan fingerprint density at radius 3 is 2.65 bits per heavy atom. The number of amides is 2. The summed E-state index contributed by atoms with van der Waals surface area (Å²) in [5, 5.41) is 10.6. The molecule has 1 atom stereocenters. The monoisotopic (exact) mass is 317 g/mol. The Balaban J connectivity index is 2.13. The van der Waals surface area contributed by atoms with Gasteiger partial charge in [0.15, 0.2) is 0 Å². The van der Waals surface area contributed by atoms with Crippen LogP contribution in [-0.2, 0) is 4.79 Å². The first-order valence-corrected chi connectivity index (χ1v) is 7.48. The van der Waals surface area contributed by atoms with Gasteiger partial charge in [-0.2, -0.15) is 5.10 Å². The Bertz CT molecular complexity index is 693. The van der Waals surface area contributed by atoms with Crippen LogP contribution in [0.4, 0.5) is 0 Å². The third kappa shape index (κ3) is 4.29. The molecule has 0 aliphatic rings. The van der Waals surface area contributed by atoms with E-state index in [4.69, 9.17) is 0 Å². The fourth-order valence-corrected chi connectivity index (χ4v) is 2.28. The third-order valence-electron chi connectivity index (χ3n) is 3.61. The Morgan fingerprint density at radius 2 is 2.00 bits per heavy atom. The molecular formula is C16H23N5O2. The Kier molecular flexibility index (Phi) is 5.33.